The van der Waals surface area contributed by atoms with Crippen molar-refractivity contribution in [2.45, 2.75) is 25.3 Å². The summed E-state index contributed by atoms with van der Waals surface area (Å²) < 4.78 is 5.04. The molecule has 5 heteroatoms. The normalized spacial score (nSPS) is 18.8. The fraction of sp³-hybridized carbons (Fsp3) is 0.909. The smallest absolute Gasteiger partial charge is 0.304 e. The number of piperidine rings is 1. The third-order valence-electron chi connectivity index (χ3n) is 2.97. The number of carboxylic acids is 1. The first kappa shape index (κ1) is 13.4. The second-order valence-electron chi connectivity index (χ2n) is 4.21. The van der Waals surface area contributed by atoms with E-state index in [1.165, 1.54) is 0 Å². The van der Waals surface area contributed by atoms with Crippen LogP contribution in [0.5, 0.6) is 0 Å². The summed E-state index contributed by atoms with van der Waals surface area (Å²) in [5, 5.41) is 11.8. The summed E-state index contributed by atoms with van der Waals surface area (Å²) in [5.41, 5.74) is 0. The molecule has 0 amide bonds. The zero-order valence-corrected chi connectivity index (χ0v) is 9.95. The standard InChI is InChI=1S/C11H22N2O3/c1-16-9-8-13-6-3-10(4-7-13)12-5-2-11(14)15/h10,12H,2-9H2,1H3,(H,14,15). The Kier molecular flexibility index (Phi) is 6.37. The van der Waals surface area contributed by atoms with Crippen LogP contribution in [0.25, 0.3) is 0 Å². The second kappa shape index (κ2) is 7.60. The van der Waals surface area contributed by atoms with Gasteiger partial charge in [0.15, 0.2) is 0 Å². The molecule has 0 aromatic rings. The lowest BCUT2D eigenvalue weighted by atomic mass is 10.1. The SMILES string of the molecule is COCCN1CCC(NCCC(=O)O)CC1. The number of hydrogen-bond acceptors (Lipinski definition) is 4. The molecule has 0 aromatic carbocycles. The predicted molar refractivity (Wildman–Crippen MR) is 61.6 cm³/mol. The molecule has 0 aliphatic carbocycles. The van der Waals surface area contributed by atoms with Gasteiger partial charge in [-0.15, -0.1) is 0 Å². The number of likely N-dealkylation sites (tertiary alicyclic amines) is 1. The van der Waals surface area contributed by atoms with Crippen LogP contribution < -0.4 is 5.32 Å². The van der Waals surface area contributed by atoms with Crippen molar-refractivity contribution in [2.24, 2.45) is 0 Å². The Morgan fingerprint density at radius 3 is 2.75 bits per heavy atom. The van der Waals surface area contributed by atoms with E-state index in [4.69, 9.17) is 9.84 Å². The molecule has 1 saturated heterocycles. The summed E-state index contributed by atoms with van der Waals surface area (Å²) in [6.07, 6.45) is 2.41. The number of rotatable bonds is 7. The van der Waals surface area contributed by atoms with Crippen LogP contribution in [0.3, 0.4) is 0 Å². The number of hydrogen-bond donors (Lipinski definition) is 2. The minimum absolute atomic E-state index is 0.212. The number of carbonyl (C=O) groups is 1. The molecule has 1 fully saturated rings. The second-order valence-corrected chi connectivity index (χ2v) is 4.21. The monoisotopic (exact) mass is 230 g/mol. The third-order valence-corrected chi connectivity index (χ3v) is 2.97. The zero-order valence-electron chi connectivity index (χ0n) is 9.95. The molecule has 0 atom stereocenters. The van der Waals surface area contributed by atoms with Gasteiger partial charge >= 0.3 is 5.97 Å². The molecule has 0 spiro atoms. The van der Waals surface area contributed by atoms with Gasteiger partial charge in [0.2, 0.25) is 0 Å². The van der Waals surface area contributed by atoms with Crippen molar-refractivity contribution in [3.8, 4) is 0 Å². The zero-order chi connectivity index (χ0) is 11.8. The lowest BCUT2D eigenvalue weighted by molar-refractivity contribution is -0.136. The Bertz CT molecular complexity index is 203. The van der Waals surface area contributed by atoms with E-state index in [9.17, 15) is 4.79 Å². The number of carboxylic acid groups (broad SMARTS) is 1. The van der Waals surface area contributed by atoms with Crippen molar-refractivity contribution in [3.63, 3.8) is 0 Å². The van der Waals surface area contributed by atoms with Gasteiger partial charge in [-0.05, 0) is 25.9 Å². The number of nitrogens with zero attached hydrogens (tertiary/aromatic N) is 1. The highest BCUT2D eigenvalue weighted by molar-refractivity contribution is 5.66. The van der Waals surface area contributed by atoms with Gasteiger partial charge in [0, 0.05) is 26.2 Å². The maximum Gasteiger partial charge on any atom is 0.304 e. The first-order chi connectivity index (χ1) is 7.72. The van der Waals surface area contributed by atoms with Gasteiger partial charge in [-0.2, -0.15) is 0 Å². The minimum Gasteiger partial charge on any atom is -0.481 e. The Hall–Kier alpha value is -0.650. The van der Waals surface area contributed by atoms with Crippen molar-refractivity contribution in [1.82, 2.24) is 10.2 Å². The number of methoxy groups -OCH3 is 1. The highest BCUT2D eigenvalue weighted by atomic mass is 16.5. The molecule has 0 radical (unpaired) electrons. The summed E-state index contributed by atoms with van der Waals surface area (Å²) in [4.78, 5) is 12.7. The number of ether oxygens (including phenoxy) is 1. The van der Waals surface area contributed by atoms with E-state index in [0.29, 0.717) is 12.6 Å². The van der Waals surface area contributed by atoms with Crippen LogP contribution in [0.4, 0.5) is 0 Å². The molecule has 1 rings (SSSR count). The molecule has 0 unspecified atom stereocenters. The molecule has 0 aromatic heterocycles. The Morgan fingerprint density at radius 1 is 1.50 bits per heavy atom. The molecule has 16 heavy (non-hydrogen) atoms. The molecule has 1 aliphatic heterocycles. The first-order valence-electron chi connectivity index (χ1n) is 5.89. The van der Waals surface area contributed by atoms with Gasteiger partial charge in [-0.1, -0.05) is 0 Å². The van der Waals surface area contributed by atoms with E-state index in [1.54, 1.807) is 7.11 Å². The summed E-state index contributed by atoms with van der Waals surface area (Å²) in [7, 11) is 1.72. The fourth-order valence-electron chi connectivity index (χ4n) is 1.96. The quantitative estimate of drug-likeness (QED) is 0.652. The molecular formula is C11H22N2O3. The molecule has 1 heterocycles. The number of nitrogens with one attached hydrogen (secondary N) is 1. The van der Waals surface area contributed by atoms with E-state index in [-0.39, 0.29) is 6.42 Å². The third kappa shape index (κ3) is 5.44. The van der Waals surface area contributed by atoms with Crippen LogP contribution in [0.15, 0.2) is 0 Å². The van der Waals surface area contributed by atoms with E-state index >= 15 is 0 Å². The molecule has 5 nitrogen and oxygen atoms in total. The van der Waals surface area contributed by atoms with Crippen LogP contribution in [-0.2, 0) is 9.53 Å². The van der Waals surface area contributed by atoms with Crippen LogP contribution in [0, 0.1) is 0 Å². The molecule has 2 N–H and O–H groups in total. The Labute approximate surface area is 96.8 Å². The van der Waals surface area contributed by atoms with Gasteiger partial charge < -0.3 is 20.1 Å². The maximum absolute atomic E-state index is 10.3. The van der Waals surface area contributed by atoms with Gasteiger partial charge in [-0.3, -0.25) is 4.79 Å². The Morgan fingerprint density at radius 2 is 2.19 bits per heavy atom. The summed E-state index contributed by atoms with van der Waals surface area (Å²) in [5.74, 6) is -0.731. The van der Waals surface area contributed by atoms with Gasteiger partial charge in [0.1, 0.15) is 0 Å². The van der Waals surface area contributed by atoms with E-state index in [0.717, 1.165) is 39.1 Å². The predicted octanol–water partition coefficient (Wildman–Crippen LogP) is 0.162. The Balaban J connectivity index is 2.05. The van der Waals surface area contributed by atoms with E-state index in [1.807, 2.05) is 0 Å². The highest BCUT2D eigenvalue weighted by Gasteiger charge is 2.18. The van der Waals surface area contributed by atoms with Gasteiger partial charge in [-0.25, -0.2) is 0 Å². The van der Waals surface area contributed by atoms with Gasteiger partial charge in [0.25, 0.3) is 0 Å². The number of aliphatic carboxylic acids is 1. The van der Waals surface area contributed by atoms with Crippen molar-refractivity contribution in [3.05, 3.63) is 0 Å². The van der Waals surface area contributed by atoms with E-state index in [2.05, 4.69) is 10.2 Å². The highest BCUT2D eigenvalue weighted by Crippen LogP contribution is 2.09. The summed E-state index contributed by atoms with van der Waals surface area (Å²) >= 11 is 0. The van der Waals surface area contributed by atoms with Crippen LogP contribution in [-0.4, -0.2) is 61.9 Å². The van der Waals surface area contributed by atoms with Crippen LogP contribution in [0.1, 0.15) is 19.3 Å². The summed E-state index contributed by atoms with van der Waals surface area (Å²) in [6, 6.07) is 0.484. The molecule has 1 aliphatic rings. The van der Waals surface area contributed by atoms with Crippen molar-refractivity contribution < 1.29 is 14.6 Å². The molecule has 94 valence electrons. The van der Waals surface area contributed by atoms with Crippen LogP contribution >= 0.6 is 0 Å². The topological polar surface area (TPSA) is 61.8 Å². The average Bonchev–Trinajstić information content (AvgIpc) is 2.27. The molecule has 0 bridgehead atoms. The van der Waals surface area contributed by atoms with Gasteiger partial charge in [0.05, 0.1) is 13.0 Å². The van der Waals surface area contributed by atoms with E-state index < -0.39 is 5.97 Å². The fourth-order valence-corrected chi connectivity index (χ4v) is 1.96. The lowest BCUT2D eigenvalue weighted by Gasteiger charge is -2.32. The maximum atomic E-state index is 10.3. The first-order valence-corrected chi connectivity index (χ1v) is 5.89. The lowest BCUT2D eigenvalue weighted by Crippen LogP contribution is -2.43. The summed E-state index contributed by atoms with van der Waals surface area (Å²) in [6.45, 7) is 4.52. The molecular weight excluding hydrogens is 208 g/mol. The molecule has 0 saturated carbocycles. The largest absolute Gasteiger partial charge is 0.481 e. The van der Waals surface area contributed by atoms with Crippen LogP contribution in [0.2, 0.25) is 0 Å². The van der Waals surface area contributed by atoms with Crippen molar-refractivity contribution in [1.29, 1.82) is 0 Å². The van der Waals surface area contributed by atoms with Crippen molar-refractivity contribution in [2.75, 3.05) is 39.9 Å². The average molecular weight is 230 g/mol. The van der Waals surface area contributed by atoms with Crippen molar-refractivity contribution >= 4 is 5.97 Å². The minimum atomic E-state index is -0.731.